The topological polar surface area (TPSA) is 66.5 Å². The Kier molecular flexibility index (Phi) is 9.38. The minimum atomic E-state index is -4.02. The number of amides is 1. The Morgan fingerprint density at radius 3 is 2.44 bits per heavy atom. The molecule has 1 N–H and O–H groups in total. The molecule has 34 heavy (non-hydrogen) atoms. The lowest BCUT2D eigenvalue weighted by atomic mass is 10.2. The normalized spacial score (nSPS) is 11.3. The summed E-state index contributed by atoms with van der Waals surface area (Å²) in [6, 6.07) is 19.1. The Morgan fingerprint density at radius 1 is 1.06 bits per heavy atom. The lowest BCUT2D eigenvalue weighted by molar-refractivity contribution is -0.119. The summed E-state index contributed by atoms with van der Waals surface area (Å²) in [5.74, 6) is 0.730. The van der Waals surface area contributed by atoms with Crippen molar-refractivity contribution < 1.29 is 17.6 Å². The molecule has 9 heteroatoms. The summed E-state index contributed by atoms with van der Waals surface area (Å²) >= 11 is 7.72. The zero-order valence-electron chi connectivity index (χ0n) is 18.7. The van der Waals surface area contributed by atoms with E-state index >= 15 is 0 Å². The van der Waals surface area contributed by atoms with Crippen molar-refractivity contribution in [3.05, 3.63) is 94.8 Å². The molecule has 1 amide bonds. The van der Waals surface area contributed by atoms with E-state index in [0.29, 0.717) is 11.6 Å². The number of benzene rings is 3. The van der Waals surface area contributed by atoms with Crippen LogP contribution in [0.5, 0.6) is 0 Å². The molecule has 0 saturated carbocycles. The molecule has 0 aromatic heterocycles. The monoisotopic (exact) mass is 520 g/mol. The highest BCUT2D eigenvalue weighted by Gasteiger charge is 2.27. The van der Waals surface area contributed by atoms with E-state index in [0.717, 1.165) is 33.4 Å². The summed E-state index contributed by atoms with van der Waals surface area (Å²) in [5, 5.41) is 3.49. The Labute approximate surface area is 209 Å². The quantitative estimate of drug-likeness (QED) is 0.343. The van der Waals surface area contributed by atoms with E-state index in [1.54, 1.807) is 23.9 Å². The largest absolute Gasteiger partial charge is 0.354 e. The highest BCUT2D eigenvalue weighted by Crippen LogP contribution is 2.24. The molecule has 0 heterocycles. The van der Waals surface area contributed by atoms with Crippen LogP contribution in [-0.2, 0) is 20.6 Å². The van der Waals surface area contributed by atoms with E-state index in [1.807, 2.05) is 31.2 Å². The van der Waals surface area contributed by atoms with E-state index < -0.39 is 28.3 Å². The molecule has 0 fully saturated rings. The van der Waals surface area contributed by atoms with Gasteiger partial charge >= 0.3 is 0 Å². The van der Waals surface area contributed by atoms with Crippen molar-refractivity contribution in [1.29, 1.82) is 0 Å². The average molecular weight is 521 g/mol. The fourth-order valence-corrected chi connectivity index (χ4v) is 5.71. The first kappa shape index (κ1) is 26.1. The van der Waals surface area contributed by atoms with Crippen molar-refractivity contribution in [2.45, 2.75) is 24.0 Å². The molecule has 0 atom stereocenters. The van der Waals surface area contributed by atoms with Crippen LogP contribution in [0.1, 0.15) is 17.5 Å². The van der Waals surface area contributed by atoms with Crippen LogP contribution in [0.4, 0.5) is 10.1 Å². The number of halogens is 2. The first-order valence-electron chi connectivity index (χ1n) is 10.7. The summed E-state index contributed by atoms with van der Waals surface area (Å²) < 4.78 is 41.0. The van der Waals surface area contributed by atoms with Gasteiger partial charge in [-0.05, 0) is 73.2 Å². The number of carbonyl (C=O) groups excluding carboxylic acids is 1. The van der Waals surface area contributed by atoms with Gasteiger partial charge in [0.2, 0.25) is 5.91 Å². The van der Waals surface area contributed by atoms with Gasteiger partial charge in [0.1, 0.15) is 12.4 Å². The van der Waals surface area contributed by atoms with E-state index in [4.69, 9.17) is 11.6 Å². The Bertz CT molecular complexity index is 1200. The number of thioether (sulfide) groups is 1. The predicted octanol–water partition coefficient (Wildman–Crippen LogP) is 5.42. The molecule has 3 rings (SSSR count). The third kappa shape index (κ3) is 7.48. The summed E-state index contributed by atoms with van der Waals surface area (Å²) in [7, 11) is -4.02. The van der Waals surface area contributed by atoms with Crippen LogP contribution in [0.25, 0.3) is 0 Å². The van der Waals surface area contributed by atoms with Crippen LogP contribution < -0.4 is 9.62 Å². The maximum atomic E-state index is 13.4. The molecule has 0 radical (unpaired) electrons. The summed E-state index contributed by atoms with van der Waals surface area (Å²) in [5.41, 5.74) is 2.27. The van der Waals surface area contributed by atoms with Gasteiger partial charge in [0.15, 0.2) is 0 Å². The minimum Gasteiger partial charge on any atom is -0.354 e. The summed E-state index contributed by atoms with van der Waals surface area (Å²) in [4.78, 5) is 12.7. The van der Waals surface area contributed by atoms with Crippen LogP contribution in [0.2, 0.25) is 5.02 Å². The predicted molar refractivity (Wildman–Crippen MR) is 137 cm³/mol. The molecular weight excluding hydrogens is 495 g/mol. The van der Waals surface area contributed by atoms with Gasteiger partial charge in [0.05, 0.1) is 10.6 Å². The second-order valence-corrected chi connectivity index (χ2v) is 11.1. The number of hydrogen-bond acceptors (Lipinski definition) is 4. The van der Waals surface area contributed by atoms with Crippen molar-refractivity contribution >= 4 is 45.0 Å². The fraction of sp³-hybridized carbons (Fsp3) is 0.240. The average Bonchev–Trinajstić information content (AvgIpc) is 2.81. The second kappa shape index (κ2) is 12.2. The molecule has 0 bridgehead atoms. The molecule has 0 spiro atoms. The Morgan fingerprint density at radius 2 is 1.76 bits per heavy atom. The SMILES string of the molecule is Cc1ccc(S(=O)(=O)N(CC(=O)NCCCSCc2cccc(Cl)c2)c2ccc(F)cc2)cc1. The lowest BCUT2D eigenvalue weighted by Gasteiger charge is -2.24. The first-order chi connectivity index (χ1) is 16.3. The van der Waals surface area contributed by atoms with Crippen LogP contribution in [0, 0.1) is 12.7 Å². The fourth-order valence-electron chi connectivity index (χ4n) is 3.17. The maximum absolute atomic E-state index is 13.4. The molecule has 3 aromatic rings. The number of aryl methyl sites for hydroxylation is 1. The number of anilines is 1. The number of sulfonamides is 1. The lowest BCUT2D eigenvalue weighted by Crippen LogP contribution is -2.41. The highest BCUT2D eigenvalue weighted by atomic mass is 35.5. The zero-order chi connectivity index (χ0) is 24.6. The first-order valence-corrected chi connectivity index (χ1v) is 13.7. The van der Waals surface area contributed by atoms with E-state index in [1.165, 1.54) is 36.4 Å². The Balaban J connectivity index is 1.58. The minimum absolute atomic E-state index is 0.0626. The number of carbonyl (C=O) groups is 1. The van der Waals surface area contributed by atoms with Gasteiger partial charge in [0.25, 0.3) is 10.0 Å². The van der Waals surface area contributed by atoms with Gasteiger partial charge in [0, 0.05) is 17.3 Å². The van der Waals surface area contributed by atoms with E-state index in [-0.39, 0.29) is 10.6 Å². The van der Waals surface area contributed by atoms with E-state index in [2.05, 4.69) is 5.32 Å². The standard InChI is InChI=1S/C25H26ClFN2O3S2/c1-19-6-12-24(13-7-19)34(31,32)29(23-10-8-22(27)9-11-23)17-25(30)28-14-3-15-33-18-20-4-2-5-21(26)16-20/h2,4-13,16H,3,14-15,17-18H2,1H3,(H,28,30). The van der Waals surface area contributed by atoms with Gasteiger partial charge in [-0.25, -0.2) is 12.8 Å². The molecule has 0 aliphatic carbocycles. The second-order valence-electron chi connectivity index (χ2n) is 7.69. The van der Waals surface area contributed by atoms with Gasteiger partial charge in [-0.15, -0.1) is 0 Å². The van der Waals surface area contributed by atoms with Crippen LogP contribution >= 0.6 is 23.4 Å². The zero-order valence-corrected chi connectivity index (χ0v) is 21.1. The number of nitrogens with zero attached hydrogens (tertiary/aromatic N) is 1. The van der Waals surface area contributed by atoms with Crippen molar-refractivity contribution in [2.24, 2.45) is 0 Å². The molecular formula is C25H26ClFN2O3S2. The van der Waals surface area contributed by atoms with Gasteiger partial charge < -0.3 is 5.32 Å². The van der Waals surface area contributed by atoms with Crippen molar-refractivity contribution in [3.63, 3.8) is 0 Å². The molecule has 0 aliphatic heterocycles. The third-order valence-electron chi connectivity index (χ3n) is 4.96. The smallest absolute Gasteiger partial charge is 0.264 e. The third-order valence-corrected chi connectivity index (χ3v) is 8.09. The van der Waals surface area contributed by atoms with Crippen molar-refractivity contribution in [1.82, 2.24) is 5.32 Å². The molecule has 5 nitrogen and oxygen atoms in total. The number of nitrogens with one attached hydrogen (secondary N) is 1. The van der Waals surface area contributed by atoms with Gasteiger partial charge in [-0.2, -0.15) is 11.8 Å². The van der Waals surface area contributed by atoms with Gasteiger partial charge in [-0.1, -0.05) is 41.4 Å². The van der Waals surface area contributed by atoms with Crippen molar-refractivity contribution in [3.8, 4) is 0 Å². The molecule has 0 saturated heterocycles. The van der Waals surface area contributed by atoms with E-state index in [9.17, 15) is 17.6 Å². The Hall–Kier alpha value is -2.55. The molecule has 3 aromatic carbocycles. The molecule has 0 unspecified atom stereocenters. The van der Waals surface area contributed by atoms with Crippen molar-refractivity contribution in [2.75, 3.05) is 23.1 Å². The highest BCUT2D eigenvalue weighted by molar-refractivity contribution is 7.98. The van der Waals surface area contributed by atoms with Gasteiger partial charge in [-0.3, -0.25) is 9.10 Å². The van der Waals surface area contributed by atoms with Crippen LogP contribution in [0.3, 0.4) is 0 Å². The summed E-state index contributed by atoms with van der Waals surface area (Å²) in [6.07, 6.45) is 0.734. The maximum Gasteiger partial charge on any atom is 0.264 e. The van der Waals surface area contributed by atoms with Crippen LogP contribution in [0.15, 0.2) is 77.7 Å². The number of hydrogen-bond donors (Lipinski definition) is 1. The summed E-state index contributed by atoms with van der Waals surface area (Å²) in [6.45, 7) is 1.87. The molecule has 180 valence electrons. The van der Waals surface area contributed by atoms with Crippen LogP contribution in [-0.4, -0.2) is 33.2 Å². The number of rotatable bonds is 11. The molecule has 0 aliphatic rings.